The van der Waals surface area contributed by atoms with Gasteiger partial charge in [-0.25, -0.2) is 4.98 Å². The third-order valence-electron chi connectivity index (χ3n) is 1.72. The second-order valence-corrected chi connectivity index (χ2v) is 4.02. The van der Waals surface area contributed by atoms with Gasteiger partial charge in [-0.3, -0.25) is 9.59 Å². The fourth-order valence-corrected chi connectivity index (χ4v) is 1.73. The monoisotopic (exact) mass is 259 g/mol. The maximum atomic E-state index is 11.4. The molecule has 0 aliphatic carbocycles. The number of hydrogen-bond acceptors (Lipinski definition) is 6. The van der Waals surface area contributed by atoms with Crippen molar-refractivity contribution in [3.63, 3.8) is 0 Å². The van der Waals surface area contributed by atoms with Crippen molar-refractivity contribution in [2.45, 2.75) is 0 Å². The van der Waals surface area contributed by atoms with Crippen molar-refractivity contribution < 1.29 is 19.8 Å². The van der Waals surface area contributed by atoms with E-state index in [9.17, 15) is 9.59 Å². The van der Waals surface area contributed by atoms with Crippen LogP contribution in [0, 0.1) is 0 Å². The Morgan fingerprint density at radius 3 is 2.35 bits per heavy atom. The van der Waals surface area contributed by atoms with Crippen LogP contribution in [0.3, 0.4) is 0 Å². The molecule has 0 radical (unpaired) electrons. The van der Waals surface area contributed by atoms with Crippen molar-refractivity contribution in [2.24, 2.45) is 0 Å². The van der Waals surface area contributed by atoms with Gasteiger partial charge in [-0.15, -0.1) is 11.3 Å². The lowest BCUT2D eigenvalue weighted by molar-refractivity contribution is 0.0939. The van der Waals surface area contributed by atoms with Gasteiger partial charge in [-0.1, -0.05) is 0 Å². The molecule has 0 saturated carbocycles. The van der Waals surface area contributed by atoms with Crippen LogP contribution in [-0.2, 0) is 0 Å². The van der Waals surface area contributed by atoms with Crippen molar-refractivity contribution in [1.82, 2.24) is 15.6 Å². The Morgan fingerprint density at radius 2 is 1.76 bits per heavy atom. The quantitative estimate of drug-likeness (QED) is 0.501. The first-order chi connectivity index (χ1) is 8.19. The first-order valence-corrected chi connectivity index (χ1v) is 5.74. The molecule has 1 rings (SSSR count). The van der Waals surface area contributed by atoms with Gasteiger partial charge >= 0.3 is 0 Å². The van der Waals surface area contributed by atoms with Gasteiger partial charge in [0, 0.05) is 13.1 Å². The van der Waals surface area contributed by atoms with E-state index in [1.165, 1.54) is 6.20 Å². The predicted octanol–water partition coefficient (Wildman–Crippen LogP) is -1.41. The summed E-state index contributed by atoms with van der Waals surface area (Å²) in [5.74, 6) is -0.803. The van der Waals surface area contributed by atoms with Crippen LogP contribution in [0.15, 0.2) is 6.20 Å². The largest absolute Gasteiger partial charge is 0.395 e. The number of carbonyl (C=O) groups excluding carboxylic acids is 2. The van der Waals surface area contributed by atoms with E-state index in [1.807, 2.05) is 0 Å². The number of thiazole rings is 1. The van der Waals surface area contributed by atoms with E-state index in [0.717, 1.165) is 11.3 Å². The van der Waals surface area contributed by atoms with Crippen LogP contribution in [-0.4, -0.2) is 53.3 Å². The molecule has 0 aliphatic heterocycles. The third kappa shape index (κ3) is 4.10. The molecule has 8 heteroatoms. The molecule has 1 aromatic rings. The fourth-order valence-electron chi connectivity index (χ4n) is 0.986. The van der Waals surface area contributed by atoms with Crippen LogP contribution >= 0.6 is 11.3 Å². The van der Waals surface area contributed by atoms with Crippen LogP contribution in [0.25, 0.3) is 0 Å². The number of aliphatic hydroxyl groups is 2. The Kier molecular flexibility index (Phi) is 5.53. The number of nitrogens with zero attached hydrogens (tertiary/aromatic N) is 1. The molecule has 0 aliphatic rings. The molecule has 0 fully saturated rings. The van der Waals surface area contributed by atoms with E-state index in [4.69, 9.17) is 10.2 Å². The molecule has 0 aromatic carbocycles. The maximum Gasteiger partial charge on any atom is 0.280 e. The topological polar surface area (TPSA) is 112 Å². The number of aromatic nitrogens is 1. The molecule has 7 nitrogen and oxygen atoms in total. The second kappa shape index (κ2) is 6.94. The van der Waals surface area contributed by atoms with Gasteiger partial charge in [0.25, 0.3) is 11.8 Å². The lowest BCUT2D eigenvalue weighted by Crippen LogP contribution is -2.26. The van der Waals surface area contributed by atoms with Gasteiger partial charge in [0.2, 0.25) is 0 Å². The summed E-state index contributed by atoms with van der Waals surface area (Å²) in [6.45, 7) is 0.00256. The molecule has 17 heavy (non-hydrogen) atoms. The zero-order valence-corrected chi connectivity index (χ0v) is 9.79. The standard InChI is InChI=1S/C9H13N3O4S/c13-3-1-10-7(15)6-5-12-9(17-6)8(16)11-2-4-14/h5,13-14H,1-4H2,(H,10,15)(H,11,16). The average molecular weight is 259 g/mol. The summed E-state index contributed by atoms with van der Waals surface area (Å²) in [5, 5.41) is 22.1. The van der Waals surface area contributed by atoms with Crippen LogP contribution < -0.4 is 10.6 Å². The summed E-state index contributed by atoms with van der Waals surface area (Å²) < 4.78 is 0. The fraction of sp³-hybridized carbons (Fsp3) is 0.444. The third-order valence-corrected chi connectivity index (χ3v) is 2.71. The minimum Gasteiger partial charge on any atom is -0.395 e. The summed E-state index contributed by atoms with van der Waals surface area (Å²) >= 11 is 0.952. The number of hydrogen-bond donors (Lipinski definition) is 4. The molecule has 94 valence electrons. The Bertz CT molecular complexity index is 359. The highest BCUT2D eigenvalue weighted by molar-refractivity contribution is 7.15. The van der Waals surface area contributed by atoms with E-state index >= 15 is 0 Å². The van der Waals surface area contributed by atoms with E-state index in [0.29, 0.717) is 4.88 Å². The number of aliphatic hydroxyl groups excluding tert-OH is 2. The minimum absolute atomic E-state index is 0.143. The number of amides is 2. The first kappa shape index (κ1) is 13.6. The molecule has 0 saturated heterocycles. The second-order valence-electron chi connectivity index (χ2n) is 2.99. The Hall–Kier alpha value is -1.51. The molecule has 4 N–H and O–H groups in total. The molecule has 0 spiro atoms. The lowest BCUT2D eigenvalue weighted by atomic mass is 10.5. The van der Waals surface area contributed by atoms with Gasteiger partial charge in [-0.05, 0) is 0 Å². The number of rotatable bonds is 6. The van der Waals surface area contributed by atoms with Crippen LogP contribution in [0.2, 0.25) is 0 Å². The van der Waals surface area contributed by atoms with Crippen molar-refractivity contribution >= 4 is 23.2 Å². The lowest BCUT2D eigenvalue weighted by Gasteiger charge is -1.99. The summed E-state index contributed by atoms with van der Waals surface area (Å²) in [5.41, 5.74) is 0. The van der Waals surface area contributed by atoms with E-state index in [2.05, 4.69) is 15.6 Å². The molecule has 2 amide bonds. The molecule has 0 unspecified atom stereocenters. The van der Waals surface area contributed by atoms with Gasteiger partial charge < -0.3 is 20.8 Å². The molecule has 0 atom stereocenters. The van der Waals surface area contributed by atoms with Crippen molar-refractivity contribution in [1.29, 1.82) is 0 Å². The number of carbonyl (C=O) groups is 2. The summed E-state index contributed by atoms with van der Waals surface area (Å²) in [7, 11) is 0. The van der Waals surface area contributed by atoms with Crippen LogP contribution in [0.4, 0.5) is 0 Å². The summed E-state index contributed by atoms with van der Waals surface area (Å²) in [6.07, 6.45) is 1.30. The van der Waals surface area contributed by atoms with E-state index < -0.39 is 5.91 Å². The molecular formula is C9H13N3O4S. The molecular weight excluding hydrogens is 246 g/mol. The highest BCUT2D eigenvalue weighted by atomic mass is 32.1. The molecule has 0 bridgehead atoms. The number of nitrogens with one attached hydrogen (secondary N) is 2. The normalized spacial score (nSPS) is 10.0. The highest BCUT2D eigenvalue weighted by Crippen LogP contribution is 2.12. The first-order valence-electron chi connectivity index (χ1n) is 4.93. The average Bonchev–Trinajstić information content (AvgIpc) is 2.82. The zero-order chi connectivity index (χ0) is 12.7. The van der Waals surface area contributed by atoms with E-state index in [-0.39, 0.29) is 37.2 Å². The van der Waals surface area contributed by atoms with Crippen molar-refractivity contribution in [3.8, 4) is 0 Å². The zero-order valence-electron chi connectivity index (χ0n) is 8.97. The molecule has 1 heterocycles. The Labute approximate surface area is 101 Å². The Morgan fingerprint density at radius 1 is 1.18 bits per heavy atom. The SMILES string of the molecule is O=C(NCCO)c1cnc(C(=O)NCCO)s1. The van der Waals surface area contributed by atoms with Crippen LogP contribution in [0.5, 0.6) is 0 Å². The van der Waals surface area contributed by atoms with E-state index in [1.54, 1.807) is 0 Å². The van der Waals surface area contributed by atoms with Crippen LogP contribution in [0.1, 0.15) is 19.5 Å². The van der Waals surface area contributed by atoms with Crippen molar-refractivity contribution in [2.75, 3.05) is 26.3 Å². The maximum absolute atomic E-state index is 11.4. The summed E-state index contributed by atoms with van der Waals surface area (Å²) in [6, 6.07) is 0. The smallest absolute Gasteiger partial charge is 0.280 e. The Balaban J connectivity index is 2.58. The van der Waals surface area contributed by atoms with Gasteiger partial charge in [0.15, 0.2) is 5.01 Å². The minimum atomic E-state index is -0.426. The van der Waals surface area contributed by atoms with Gasteiger partial charge in [0.05, 0.1) is 19.4 Å². The summed E-state index contributed by atoms with van der Waals surface area (Å²) in [4.78, 5) is 26.9. The highest BCUT2D eigenvalue weighted by Gasteiger charge is 2.14. The van der Waals surface area contributed by atoms with Gasteiger partial charge in [0.1, 0.15) is 4.88 Å². The van der Waals surface area contributed by atoms with Crippen molar-refractivity contribution in [3.05, 3.63) is 16.1 Å². The molecule has 1 aromatic heterocycles. The van der Waals surface area contributed by atoms with Gasteiger partial charge in [-0.2, -0.15) is 0 Å². The predicted molar refractivity (Wildman–Crippen MR) is 61.0 cm³/mol.